The Morgan fingerprint density at radius 2 is 1.89 bits per heavy atom. The molecule has 142 valence electrons. The number of hydrogen-bond donors (Lipinski definition) is 0. The Morgan fingerprint density at radius 3 is 2.68 bits per heavy atom. The van der Waals surface area contributed by atoms with Crippen molar-refractivity contribution in [3.63, 3.8) is 0 Å². The first-order valence-electron chi connectivity index (χ1n) is 8.95. The van der Waals surface area contributed by atoms with Crippen LogP contribution in [0.2, 0.25) is 0 Å². The number of nitrogens with zero attached hydrogens (tertiary/aromatic N) is 7. The van der Waals surface area contributed by atoms with Crippen LogP contribution in [-0.2, 0) is 24.0 Å². The van der Waals surface area contributed by atoms with Gasteiger partial charge < -0.3 is 0 Å². The van der Waals surface area contributed by atoms with Gasteiger partial charge in [0.15, 0.2) is 5.16 Å². The molecule has 4 rings (SSSR count). The first kappa shape index (κ1) is 18.3. The van der Waals surface area contributed by atoms with E-state index in [1.807, 2.05) is 54.0 Å². The molecular weight excluding hydrogens is 374 g/mol. The summed E-state index contributed by atoms with van der Waals surface area (Å²) in [5, 5.41) is 12.6. The van der Waals surface area contributed by atoms with E-state index in [0.29, 0.717) is 24.5 Å². The van der Waals surface area contributed by atoms with Crippen LogP contribution in [0.5, 0.6) is 0 Å². The normalized spacial score (nSPS) is 11.2. The number of hydrogen-bond acceptors (Lipinski definition) is 7. The number of Topliss-reactive ketones (excluding diaryl/α,β-unsaturated/α-hetero) is 1. The number of rotatable bonds is 7. The molecule has 4 aromatic rings. The average molecular weight is 393 g/mol. The van der Waals surface area contributed by atoms with Gasteiger partial charge in [0.25, 0.3) is 5.95 Å². The quantitative estimate of drug-likeness (QED) is 0.446. The molecule has 0 amide bonds. The van der Waals surface area contributed by atoms with Gasteiger partial charge in [0.1, 0.15) is 5.78 Å². The van der Waals surface area contributed by atoms with Gasteiger partial charge in [0.05, 0.1) is 16.7 Å². The molecule has 3 aromatic heterocycles. The van der Waals surface area contributed by atoms with Crippen LogP contribution < -0.4 is 0 Å². The topological polar surface area (TPSA) is 91.4 Å². The number of carbonyl (C=O) groups is 1. The van der Waals surface area contributed by atoms with Gasteiger partial charge in [0, 0.05) is 31.3 Å². The molecule has 0 fully saturated rings. The van der Waals surface area contributed by atoms with Crippen molar-refractivity contribution in [3.05, 3.63) is 53.9 Å². The SMILES string of the molecule is CCC(=O)Cc1cccc(CSc2nc3ccccc3n2-c2nnnn2C)n1. The molecule has 3 heterocycles. The van der Waals surface area contributed by atoms with Crippen molar-refractivity contribution in [2.75, 3.05) is 0 Å². The zero-order chi connectivity index (χ0) is 19.5. The molecule has 1 aromatic carbocycles. The fourth-order valence-corrected chi connectivity index (χ4v) is 3.79. The summed E-state index contributed by atoms with van der Waals surface area (Å²) in [4.78, 5) is 21.1. The molecule has 0 spiro atoms. The van der Waals surface area contributed by atoms with E-state index >= 15 is 0 Å². The van der Waals surface area contributed by atoms with Gasteiger partial charge in [0.2, 0.25) is 0 Å². The Kier molecular flexibility index (Phi) is 5.16. The second kappa shape index (κ2) is 7.89. The average Bonchev–Trinajstić information content (AvgIpc) is 3.29. The van der Waals surface area contributed by atoms with Gasteiger partial charge in [-0.05, 0) is 34.7 Å². The summed E-state index contributed by atoms with van der Waals surface area (Å²) in [5.74, 6) is 1.42. The van der Waals surface area contributed by atoms with Crippen molar-refractivity contribution in [2.45, 2.75) is 30.7 Å². The van der Waals surface area contributed by atoms with Gasteiger partial charge in [-0.15, -0.1) is 0 Å². The van der Waals surface area contributed by atoms with Crippen LogP contribution >= 0.6 is 11.8 Å². The number of carbonyl (C=O) groups excluding carboxylic acids is 1. The number of tetrazole rings is 1. The minimum absolute atomic E-state index is 0.189. The molecule has 0 bridgehead atoms. The summed E-state index contributed by atoms with van der Waals surface area (Å²) in [5.41, 5.74) is 3.53. The van der Waals surface area contributed by atoms with E-state index < -0.39 is 0 Å². The molecule has 0 saturated carbocycles. The minimum atomic E-state index is 0.189. The van der Waals surface area contributed by atoms with Crippen molar-refractivity contribution in [1.29, 1.82) is 0 Å². The van der Waals surface area contributed by atoms with Crippen molar-refractivity contribution >= 4 is 28.6 Å². The lowest BCUT2D eigenvalue weighted by atomic mass is 10.1. The maximum absolute atomic E-state index is 11.7. The number of aryl methyl sites for hydroxylation is 1. The Bertz CT molecular complexity index is 1130. The van der Waals surface area contributed by atoms with Crippen LogP contribution in [0, 0.1) is 0 Å². The monoisotopic (exact) mass is 393 g/mol. The first-order valence-corrected chi connectivity index (χ1v) is 9.93. The van der Waals surface area contributed by atoms with E-state index in [9.17, 15) is 4.79 Å². The second-order valence-corrected chi connectivity index (χ2v) is 7.24. The van der Waals surface area contributed by atoms with Crippen LogP contribution in [0.25, 0.3) is 17.0 Å². The molecule has 0 N–H and O–H groups in total. The van der Waals surface area contributed by atoms with Crippen LogP contribution in [0.3, 0.4) is 0 Å². The van der Waals surface area contributed by atoms with E-state index in [0.717, 1.165) is 27.6 Å². The molecule has 9 heteroatoms. The van der Waals surface area contributed by atoms with Gasteiger partial charge in [-0.25, -0.2) is 9.67 Å². The van der Waals surface area contributed by atoms with Gasteiger partial charge in [-0.1, -0.05) is 42.0 Å². The lowest BCUT2D eigenvalue weighted by molar-refractivity contribution is -0.118. The van der Waals surface area contributed by atoms with Crippen LogP contribution in [0.15, 0.2) is 47.6 Å². The number of imidazole rings is 1. The van der Waals surface area contributed by atoms with Crippen LogP contribution in [-0.4, -0.2) is 40.5 Å². The molecule has 8 nitrogen and oxygen atoms in total. The van der Waals surface area contributed by atoms with Gasteiger partial charge >= 0.3 is 0 Å². The van der Waals surface area contributed by atoms with E-state index in [4.69, 9.17) is 4.98 Å². The minimum Gasteiger partial charge on any atom is -0.299 e. The highest BCUT2D eigenvalue weighted by atomic mass is 32.2. The summed E-state index contributed by atoms with van der Waals surface area (Å²) in [6.07, 6.45) is 0.897. The van der Waals surface area contributed by atoms with Crippen molar-refractivity contribution < 1.29 is 4.79 Å². The summed E-state index contributed by atoms with van der Waals surface area (Å²) in [7, 11) is 1.80. The zero-order valence-corrected chi connectivity index (χ0v) is 16.4. The third-order valence-electron chi connectivity index (χ3n) is 4.31. The smallest absolute Gasteiger partial charge is 0.256 e. The summed E-state index contributed by atoms with van der Waals surface area (Å²) in [6, 6.07) is 13.7. The highest BCUT2D eigenvalue weighted by Gasteiger charge is 2.17. The van der Waals surface area contributed by atoms with Crippen molar-refractivity contribution in [1.82, 2.24) is 34.7 Å². The maximum atomic E-state index is 11.7. The molecule has 0 aliphatic rings. The van der Waals surface area contributed by atoms with Crippen molar-refractivity contribution in [2.24, 2.45) is 7.05 Å². The Balaban J connectivity index is 1.63. The number of fused-ring (bicyclic) bond motifs is 1. The number of para-hydroxylation sites is 2. The van der Waals surface area contributed by atoms with Gasteiger partial charge in [-0.2, -0.15) is 0 Å². The number of thioether (sulfide) groups is 1. The fraction of sp³-hybridized carbons (Fsp3) is 0.263. The predicted molar refractivity (Wildman–Crippen MR) is 106 cm³/mol. The van der Waals surface area contributed by atoms with E-state index in [2.05, 4.69) is 20.5 Å². The van der Waals surface area contributed by atoms with E-state index in [-0.39, 0.29) is 5.78 Å². The standard InChI is InChI=1S/C19H19N7OS/c1-3-15(27)11-13-7-6-8-14(20-13)12-28-19-21-16-9-4-5-10-17(16)26(19)18-22-23-24-25(18)2/h4-10H,3,11-12H2,1-2H3. The number of aromatic nitrogens is 7. The largest absolute Gasteiger partial charge is 0.299 e. The van der Waals surface area contributed by atoms with Crippen LogP contribution in [0.1, 0.15) is 24.7 Å². The third-order valence-corrected chi connectivity index (χ3v) is 5.29. The highest BCUT2D eigenvalue weighted by Crippen LogP contribution is 2.28. The number of benzene rings is 1. The number of ketones is 1. The van der Waals surface area contributed by atoms with Crippen molar-refractivity contribution in [3.8, 4) is 5.95 Å². The lowest BCUT2D eigenvalue weighted by Crippen LogP contribution is -2.06. The molecule has 0 radical (unpaired) electrons. The van der Waals surface area contributed by atoms with E-state index in [1.54, 1.807) is 23.5 Å². The maximum Gasteiger partial charge on any atom is 0.256 e. The third kappa shape index (κ3) is 3.65. The summed E-state index contributed by atoms with van der Waals surface area (Å²) in [6.45, 7) is 1.87. The molecule has 28 heavy (non-hydrogen) atoms. The van der Waals surface area contributed by atoms with Crippen LogP contribution in [0.4, 0.5) is 0 Å². The second-order valence-electron chi connectivity index (χ2n) is 6.30. The zero-order valence-electron chi connectivity index (χ0n) is 15.6. The lowest BCUT2D eigenvalue weighted by Gasteiger charge is -2.07. The summed E-state index contributed by atoms with van der Waals surface area (Å²) < 4.78 is 3.57. The highest BCUT2D eigenvalue weighted by molar-refractivity contribution is 7.98. The Hall–Kier alpha value is -3.07. The molecule has 0 aliphatic heterocycles. The summed E-state index contributed by atoms with van der Waals surface area (Å²) >= 11 is 1.56. The predicted octanol–water partition coefficient (Wildman–Crippen LogP) is 2.76. The van der Waals surface area contributed by atoms with Gasteiger partial charge in [-0.3, -0.25) is 14.3 Å². The Morgan fingerprint density at radius 1 is 1.07 bits per heavy atom. The number of pyridine rings is 1. The Labute approximate surface area is 166 Å². The first-order chi connectivity index (χ1) is 13.7. The fourth-order valence-electron chi connectivity index (χ4n) is 2.88. The van der Waals surface area contributed by atoms with E-state index in [1.165, 1.54) is 0 Å². The molecule has 0 atom stereocenters. The molecular formula is C19H19N7OS. The molecule has 0 aliphatic carbocycles. The molecule has 0 saturated heterocycles. The molecule has 0 unspecified atom stereocenters.